The Kier molecular flexibility index (Phi) is 4.04. The van der Waals surface area contributed by atoms with Crippen LogP contribution in [0.2, 0.25) is 0 Å². The van der Waals surface area contributed by atoms with Crippen molar-refractivity contribution in [3.63, 3.8) is 0 Å². The van der Waals surface area contributed by atoms with Gasteiger partial charge in [-0.25, -0.2) is 4.79 Å². The van der Waals surface area contributed by atoms with Crippen molar-refractivity contribution in [1.82, 2.24) is 4.90 Å². The molecule has 0 saturated heterocycles. The smallest absolute Gasteiger partial charge is 0.393 e. The van der Waals surface area contributed by atoms with Gasteiger partial charge >= 0.3 is 6.09 Å². The molecule has 5 nitrogen and oxygen atoms in total. The Labute approximate surface area is 127 Å². The highest BCUT2D eigenvalue weighted by Gasteiger charge is 2.38. The number of anilines is 1. The van der Waals surface area contributed by atoms with Crippen LogP contribution in [0.1, 0.15) is 13.8 Å². The van der Waals surface area contributed by atoms with E-state index >= 15 is 0 Å². The molecule has 0 aliphatic carbocycles. The van der Waals surface area contributed by atoms with Crippen LogP contribution < -0.4 is 5.01 Å². The van der Waals surface area contributed by atoms with Gasteiger partial charge in [0.25, 0.3) is 0 Å². The van der Waals surface area contributed by atoms with Gasteiger partial charge < -0.3 is 9.64 Å². The molecule has 2 rings (SSSR count). The molecule has 0 N–H and O–H groups in total. The van der Waals surface area contributed by atoms with Crippen molar-refractivity contribution in [2.45, 2.75) is 13.8 Å². The Balaban J connectivity index is 2.26. The Bertz CT molecular complexity index is 555. The summed E-state index contributed by atoms with van der Waals surface area (Å²) in [5.74, 6) is 0.437. The summed E-state index contributed by atoms with van der Waals surface area (Å²) in [7, 11) is 3.30. The van der Waals surface area contributed by atoms with Crippen molar-refractivity contribution < 1.29 is 9.53 Å². The SMILES string of the molecule is CN(C)C(=O)OC1=NN(c2ccccc2Br)CC1(C)C. The lowest BCUT2D eigenvalue weighted by molar-refractivity contribution is 0.163. The van der Waals surface area contributed by atoms with E-state index in [4.69, 9.17) is 4.74 Å². The maximum Gasteiger partial charge on any atom is 0.415 e. The fraction of sp³-hybridized carbons (Fsp3) is 0.429. The summed E-state index contributed by atoms with van der Waals surface area (Å²) in [6.45, 7) is 4.67. The van der Waals surface area contributed by atoms with Crippen LogP contribution in [0.15, 0.2) is 33.8 Å². The van der Waals surface area contributed by atoms with Crippen LogP contribution in [-0.4, -0.2) is 37.5 Å². The number of nitrogens with zero attached hydrogens (tertiary/aromatic N) is 3. The predicted octanol–water partition coefficient (Wildman–Crippen LogP) is 3.31. The molecule has 1 aliphatic rings. The first-order valence-electron chi connectivity index (χ1n) is 6.31. The number of rotatable bonds is 1. The van der Waals surface area contributed by atoms with E-state index in [0.717, 1.165) is 10.2 Å². The molecule has 1 amide bonds. The molecule has 0 radical (unpaired) electrons. The first kappa shape index (κ1) is 14.8. The second-order valence-electron chi connectivity index (χ2n) is 5.56. The van der Waals surface area contributed by atoms with E-state index in [1.807, 2.05) is 43.1 Å². The van der Waals surface area contributed by atoms with Crippen LogP contribution in [0.3, 0.4) is 0 Å². The van der Waals surface area contributed by atoms with Crippen molar-refractivity contribution in [3.8, 4) is 0 Å². The molecule has 20 heavy (non-hydrogen) atoms. The Morgan fingerprint density at radius 3 is 2.65 bits per heavy atom. The first-order chi connectivity index (χ1) is 9.31. The molecular formula is C14H18BrN3O2. The summed E-state index contributed by atoms with van der Waals surface area (Å²) in [5, 5.41) is 6.29. The minimum Gasteiger partial charge on any atom is -0.393 e. The second-order valence-corrected chi connectivity index (χ2v) is 6.41. The van der Waals surface area contributed by atoms with Crippen molar-refractivity contribution in [3.05, 3.63) is 28.7 Å². The average molecular weight is 340 g/mol. The van der Waals surface area contributed by atoms with Gasteiger partial charge in [-0.15, -0.1) is 5.10 Å². The van der Waals surface area contributed by atoms with Gasteiger partial charge in [-0.1, -0.05) is 12.1 Å². The molecule has 0 unspecified atom stereocenters. The lowest BCUT2D eigenvalue weighted by Gasteiger charge is -2.21. The molecule has 108 valence electrons. The second kappa shape index (κ2) is 5.44. The molecule has 0 saturated carbocycles. The number of carbonyl (C=O) groups excluding carboxylic acids is 1. The minimum atomic E-state index is -0.411. The highest BCUT2D eigenvalue weighted by Crippen LogP contribution is 2.34. The summed E-state index contributed by atoms with van der Waals surface area (Å²) < 4.78 is 6.32. The summed E-state index contributed by atoms with van der Waals surface area (Å²) >= 11 is 3.51. The van der Waals surface area contributed by atoms with Gasteiger partial charge in [-0.05, 0) is 41.9 Å². The normalized spacial score (nSPS) is 16.9. The highest BCUT2D eigenvalue weighted by atomic mass is 79.9. The van der Waals surface area contributed by atoms with E-state index in [9.17, 15) is 4.79 Å². The quantitative estimate of drug-likeness (QED) is 0.788. The first-order valence-corrected chi connectivity index (χ1v) is 7.11. The molecule has 1 aromatic carbocycles. The zero-order valence-corrected chi connectivity index (χ0v) is 13.6. The van der Waals surface area contributed by atoms with Crippen molar-refractivity contribution in [2.24, 2.45) is 10.5 Å². The van der Waals surface area contributed by atoms with E-state index in [0.29, 0.717) is 12.4 Å². The van der Waals surface area contributed by atoms with Crippen LogP contribution in [0.4, 0.5) is 10.5 Å². The maximum absolute atomic E-state index is 11.7. The van der Waals surface area contributed by atoms with Gasteiger partial charge in [-0.3, -0.25) is 5.01 Å². The van der Waals surface area contributed by atoms with Crippen molar-refractivity contribution >= 4 is 33.6 Å². The average Bonchev–Trinajstić information content (AvgIpc) is 2.65. The molecule has 0 bridgehead atoms. The molecule has 1 aromatic rings. The van der Waals surface area contributed by atoms with E-state index in [1.54, 1.807) is 14.1 Å². The van der Waals surface area contributed by atoms with Gasteiger partial charge in [0.2, 0.25) is 5.90 Å². The minimum absolute atomic E-state index is 0.319. The molecule has 0 aromatic heterocycles. The van der Waals surface area contributed by atoms with Crippen LogP contribution >= 0.6 is 15.9 Å². The fourth-order valence-corrected chi connectivity index (χ4v) is 2.34. The topological polar surface area (TPSA) is 45.1 Å². The van der Waals surface area contributed by atoms with Gasteiger partial charge in [0.1, 0.15) is 0 Å². The molecular weight excluding hydrogens is 322 g/mol. The number of hydrogen-bond donors (Lipinski definition) is 0. The zero-order valence-electron chi connectivity index (χ0n) is 12.1. The number of carbonyl (C=O) groups is 1. The molecule has 1 aliphatic heterocycles. The van der Waals surface area contributed by atoms with Gasteiger partial charge in [0.05, 0.1) is 17.6 Å². The number of benzene rings is 1. The summed E-state index contributed by atoms with van der Waals surface area (Å²) in [5.41, 5.74) is 0.637. The van der Waals surface area contributed by atoms with Gasteiger partial charge in [-0.2, -0.15) is 0 Å². The van der Waals surface area contributed by atoms with E-state index < -0.39 is 6.09 Å². The molecule has 0 spiro atoms. The number of para-hydroxylation sites is 1. The zero-order chi connectivity index (χ0) is 14.9. The standard InChI is InChI=1S/C14H18BrN3O2/c1-14(2)9-18(11-8-6-5-7-10(11)15)16-12(14)20-13(19)17(3)4/h5-8H,9H2,1-4H3. The van der Waals surface area contributed by atoms with Gasteiger partial charge in [0, 0.05) is 18.6 Å². The van der Waals surface area contributed by atoms with Crippen molar-refractivity contribution in [1.29, 1.82) is 0 Å². The third-order valence-electron chi connectivity index (χ3n) is 3.02. The van der Waals surface area contributed by atoms with E-state index in [-0.39, 0.29) is 5.41 Å². The summed E-state index contributed by atoms with van der Waals surface area (Å²) in [4.78, 5) is 13.1. The van der Waals surface area contributed by atoms with Gasteiger partial charge in [0.15, 0.2) is 0 Å². The van der Waals surface area contributed by atoms with E-state index in [2.05, 4.69) is 21.0 Å². The third kappa shape index (κ3) is 2.95. The Morgan fingerprint density at radius 1 is 1.40 bits per heavy atom. The van der Waals surface area contributed by atoms with Crippen LogP contribution in [-0.2, 0) is 4.74 Å². The van der Waals surface area contributed by atoms with Crippen LogP contribution in [0.5, 0.6) is 0 Å². The lowest BCUT2D eigenvalue weighted by Crippen LogP contribution is -2.33. The number of hydrogen-bond acceptors (Lipinski definition) is 4. The molecule has 1 heterocycles. The summed E-state index contributed by atoms with van der Waals surface area (Å²) in [6.07, 6.45) is -0.411. The number of ether oxygens (including phenoxy) is 1. The highest BCUT2D eigenvalue weighted by molar-refractivity contribution is 9.10. The monoisotopic (exact) mass is 339 g/mol. The third-order valence-corrected chi connectivity index (χ3v) is 3.69. The number of amides is 1. The maximum atomic E-state index is 11.7. The number of hydrazone groups is 1. The molecule has 0 fully saturated rings. The molecule has 6 heteroatoms. The Hall–Kier alpha value is -1.56. The molecule has 0 atom stereocenters. The van der Waals surface area contributed by atoms with Crippen molar-refractivity contribution in [2.75, 3.05) is 25.6 Å². The Morgan fingerprint density at radius 2 is 2.05 bits per heavy atom. The number of halogens is 1. The van der Waals surface area contributed by atoms with Crippen LogP contribution in [0.25, 0.3) is 0 Å². The summed E-state index contributed by atoms with van der Waals surface area (Å²) in [6, 6.07) is 7.83. The predicted molar refractivity (Wildman–Crippen MR) is 82.9 cm³/mol. The lowest BCUT2D eigenvalue weighted by atomic mass is 9.94. The van der Waals surface area contributed by atoms with E-state index in [1.165, 1.54) is 4.90 Å². The fourth-order valence-electron chi connectivity index (χ4n) is 1.86. The largest absolute Gasteiger partial charge is 0.415 e. The van der Waals surface area contributed by atoms with Crippen LogP contribution in [0, 0.1) is 5.41 Å².